The fraction of sp³-hybridized carbons (Fsp3) is 0.962. The summed E-state index contributed by atoms with van der Waals surface area (Å²) >= 11 is 0. The molecule has 0 nitrogen and oxygen atoms in total. The van der Waals surface area contributed by atoms with E-state index in [1.165, 1.54) is 122 Å². The first-order chi connectivity index (χ1) is 12.8. The third kappa shape index (κ3) is 17.4. The van der Waals surface area contributed by atoms with E-state index in [4.69, 9.17) is 0 Å². The standard InChI is InChI=1S/C26H53/c1-5-9-12-15-16-19-23-26(22-18-14-11-7-3)24-25(20-8-4)21-17-13-10-6-2/h24-26H,5-23H2,1-4H3. The van der Waals surface area contributed by atoms with Crippen molar-refractivity contribution in [2.45, 2.75) is 150 Å². The van der Waals surface area contributed by atoms with Crippen LogP contribution in [-0.2, 0) is 0 Å². The number of hydrogen-bond donors (Lipinski definition) is 0. The lowest BCUT2D eigenvalue weighted by Gasteiger charge is -2.23. The van der Waals surface area contributed by atoms with E-state index in [9.17, 15) is 0 Å². The van der Waals surface area contributed by atoms with Crippen molar-refractivity contribution in [2.24, 2.45) is 11.8 Å². The van der Waals surface area contributed by atoms with Gasteiger partial charge in [0.1, 0.15) is 0 Å². The average molecular weight is 366 g/mol. The summed E-state index contributed by atoms with van der Waals surface area (Å²) in [7, 11) is 0. The largest absolute Gasteiger partial charge is 0.0654 e. The molecule has 0 bridgehead atoms. The van der Waals surface area contributed by atoms with Gasteiger partial charge in [0.05, 0.1) is 0 Å². The lowest BCUT2D eigenvalue weighted by Crippen LogP contribution is -2.11. The summed E-state index contributed by atoms with van der Waals surface area (Å²) < 4.78 is 0. The van der Waals surface area contributed by atoms with E-state index < -0.39 is 0 Å². The zero-order valence-electron chi connectivity index (χ0n) is 19.2. The van der Waals surface area contributed by atoms with Gasteiger partial charge in [0, 0.05) is 0 Å². The van der Waals surface area contributed by atoms with Crippen LogP contribution >= 0.6 is 0 Å². The monoisotopic (exact) mass is 365 g/mol. The minimum Gasteiger partial charge on any atom is -0.0654 e. The maximum Gasteiger partial charge on any atom is -0.0324 e. The van der Waals surface area contributed by atoms with E-state index in [1.807, 2.05) is 0 Å². The van der Waals surface area contributed by atoms with Gasteiger partial charge in [0.2, 0.25) is 0 Å². The van der Waals surface area contributed by atoms with Crippen molar-refractivity contribution in [3.63, 3.8) is 0 Å². The van der Waals surface area contributed by atoms with Gasteiger partial charge in [-0.05, 0) is 18.3 Å². The molecule has 1 radical (unpaired) electrons. The summed E-state index contributed by atoms with van der Waals surface area (Å²) in [4.78, 5) is 0. The van der Waals surface area contributed by atoms with Gasteiger partial charge >= 0.3 is 0 Å². The third-order valence-corrected chi connectivity index (χ3v) is 5.99. The lowest BCUT2D eigenvalue weighted by molar-refractivity contribution is 0.372. The second kappa shape index (κ2) is 21.3. The fourth-order valence-electron chi connectivity index (χ4n) is 4.28. The molecule has 0 heteroatoms. The molecule has 0 heterocycles. The molecule has 0 fully saturated rings. The van der Waals surface area contributed by atoms with Crippen LogP contribution in [0, 0.1) is 18.3 Å². The Bertz CT molecular complexity index is 244. The summed E-state index contributed by atoms with van der Waals surface area (Å²) in [5.74, 6) is 1.80. The maximum absolute atomic E-state index is 2.83. The van der Waals surface area contributed by atoms with Crippen LogP contribution in [0.25, 0.3) is 0 Å². The molecule has 0 N–H and O–H groups in total. The SMILES string of the molecule is CCCCCCCCC([CH]C(CCC)CCCCCC)CCCCCC. The second-order valence-corrected chi connectivity index (χ2v) is 8.76. The van der Waals surface area contributed by atoms with E-state index in [-0.39, 0.29) is 0 Å². The van der Waals surface area contributed by atoms with Gasteiger partial charge in [-0.1, -0.05) is 150 Å². The first-order valence-electron chi connectivity index (χ1n) is 12.6. The lowest BCUT2D eigenvalue weighted by atomic mass is 9.82. The first-order valence-corrected chi connectivity index (χ1v) is 12.6. The predicted octanol–water partition coefficient (Wildman–Crippen LogP) is 9.91. The highest BCUT2D eigenvalue weighted by atomic mass is 14.2. The average Bonchev–Trinajstić information content (AvgIpc) is 2.64. The molecule has 0 aliphatic rings. The summed E-state index contributed by atoms with van der Waals surface area (Å²) in [6, 6.07) is 0. The van der Waals surface area contributed by atoms with Gasteiger partial charge in [-0.15, -0.1) is 0 Å². The molecule has 0 spiro atoms. The molecule has 0 saturated carbocycles. The molecule has 0 aliphatic carbocycles. The Hall–Kier alpha value is 0. The van der Waals surface area contributed by atoms with Crippen molar-refractivity contribution in [3.05, 3.63) is 6.42 Å². The molecule has 2 atom stereocenters. The van der Waals surface area contributed by atoms with Crippen molar-refractivity contribution < 1.29 is 0 Å². The van der Waals surface area contributed by atoms with Gasteiger partial charge in [0.25, 0.3) is 0 Å². The summed E-state index contributed by atoms with van der Waals surface area (Å²) in [6.07, 6.45) is 30.0. The van der Waals surface area contributed by atoms with Crippen LogP contribution in [0.1, 0.15) is 150 Å². The van der Waals surface area contributed by atoms with E-state index in [2.05, 4.69) is 34.1 Å². The molecule has 0 amide bonds. The minimum absolute atomic E-state index is 0.896. The fourth-order valence-corrected chi connectivity index (χ4v) is 4.28. The molecule has 26 heavy (non-hydrogen) atoms. The molecule has 0 aromatic carbocycles. The Morgan fingerprint density at radius 2 is 0.731 bits per heavy atom. The molecule has 0 aliphatic heterocycles. The predicted molar refractivity (Wildman–Crippen MR) is 122 cm³/mol. The molecule has 0 aromatic heterocycles. The highest BCUT2D eigenvalue weighted by Crippen LogP contribution is 2.29. The summed E-state index contributed by atoms with van der Waals surface area (Å²) in [5.41, 5.74) is 0. The van der Waals surface area contributed by atoms with Crippen LogP contribution in [0.2, 0.25) is 0 Å². The van der Waals surface area contributed by atoms with Crippen molar-refractivity contribution in [3.8, 4) is 0 Å². The van der Waals surface area contributed by atoms with Crippen molar-refractivity contribution in [1.82, 2.24) is 0 Å². The van der Waals surface area contributed by atoms with Crippen molar-refractivity contribution in [2.75, 3.05) is 0 Å². The first kappa shape index (κ1) is 26.0. The van der Waals surface area contributed by atoms with Gasteiger partial charge in [-0.3, -0.25) is 0 Å². The molecular weight excluding hydrogens is 312 g/mol. The third-order valence-electron chi connectivity index (χ3n) is 5.99. The summed E-state index contributed by atoms with van der Waals surface area (Å²) in [5, 5.41) is 0. The van der Waals surface area contributed by atoms with Crippen LogP contribution < -0.4 is 0 Å². The Morgan fingerprint density at radius 1 is 0.385 bits per heavy atom. The highest BCUT2D eigenvalue weighted by molar-refractivity contribution is 4.84. The van der Waals surface area contributed by atoms with E-state index in [1.54, 1.807) is 0 Å². The van der Waals surface area contributed by atoms with Crippen molar-refractivity contribution in [1.29, 1.82) is 0 Å². The van der Waals surface area contributed by atoms with E-state index in [0.29, 0.717) is 0 Å². The maximum atomic E-state index is 2.83. The smallest absolute Gasteiger partial charge is 0.0324 e. The zero-order valence-corrected chi connectivity index (χ0v) is 19.2. The Balaban J connectivity index is 4.23. The molecule has 0 saturated heterocycles. The normalized spacial score (nSPS) is 13.8. The molecule has 2 unspecified atom stereocenters. The Kier molecular flexibility index (Phi) is 21.3. The van der Waals surface area contributed by atoms with E-state index in [0.717, 1.165) is 11.8 Å². The topological polar surface area (TPSA) is 0 Å². The van der Waals surface area contributed by atoms with E-state index >= 15 is 0 Å². The molecule has 157 valence electrons. The van der Waals surface area contributed by atoms with Crippen molar-refractivity contribution >= 4 is 0 Å². The van der Waals surface area contributed by atoms with Crippen LogP contribution in [-0.4, -0.2) is 0 Å². The summed E-state index contributed by atoms with van der Waals surface area (Å²) in [6.45, 7) is 9.34. The van der Waals surface area contributed by atoms with Crippen LogP contribution in [0.3, 0.4) is 0 Å². The zero-order chi connectivity index (χ0) is 19.3. The highest BCUT2D eigenvalue weighted by Gasteiger charge is 2.16. The molecule has 0 rings (SSSR count). The Morgan fingerprint density at radius 3 is 1.15 bits per heavy atom. The molecular formula is C26H53. The van der Waals surface area contributed by atoms with Gasteiger partial charge in [0.15, 0.2) is 0 Å². The van der Waals surface area contributed by atoms with Crippen LogP contribution in [0.4, 0.5) is 0 Å². The number of unbranched alkanes of at least 4 members (excludes halogenated alkanes) is 11. The second-order valence-electron chi connectivity index (χ2n) is 8.76. The Labute approximate surface area is 168 Å². The van der Waals surface area contributed by atoms with Crippen LogP contribution in [0.15, 0.2) is 0 Å². The minimum atomic E-state index is 0.896. The van der Waals surface area contributed by atoms with Gasteiger partial charge < -0.3 is 0 Å². The van der Waals surface area contributed by atoms with Gasteiger partial charge in [-0.25, -0.2) is 0 Å². The molecule has 0 aromatic rings. The van der Waals surface area contributed by atoms with Gasteiger partial charge in [-0.2, -0.15) is 0 Å². The van der Waals surface area contributed by atoms with Crippen LogP contribution in [0.5, 0.6) is 0 Å². The number of rotatable bonds is 21. The quantitative estimate of drug-likeness (QED) is 0.177. The number of hydrogen-bond acceptors (Lipinski definition) is 0.